The maximum Gasteiger partial charge on any atom is 0.331 e. The average molecular weight is 290 g/mol. The molecule has 21 heavy (non-hydrogen) atoms. The van der Waals surface area contributed by atoms with Crippen LogP contribution in [0.1, 0.15) is 33.6 Å². The van der Waals surface area contributed by atoms with Crippen LogP contribution in [0.4, 0.5) is 0 Å². The van der Waals surface area contributed by atoms with Crippen molar-refractivity contribution in [1.29, 1.82) is 0 Å². The molecule has 1 saturated carbocycles. The van der Waals surface area contributed by atoms with E-state index >= 15 is 0 Å². The molecule has 3 rings (SSSR count). The van der Waals surface area contributed by atoms with Gasteiger partial charge < -0.3 is 14.6 Å². The van der Waals surface area contributed by atoms with Crippen molar-refractivity contribution in [3.63, 3.8) is 0 Å². The van der Waals surface area contributed by atoms with E-state index in [9.17, 15) is 14.7 Å². The van der Waals surface area contributed by atoms with Crippen molar-refractivity contribution < 1.29 is 24.2 Å². The van der Waals surface area contributed by atoms with E-state index in [2.05, 4.69) is 5.92 Å². The van der Waals surface area contributed by atoms with Gasteiger partial charge in [0.25, 0.3) is 0 Å². The lowest BCUT2D eigenvalue weighted by Crippen LogP contribution is -2.42. The molecule has 5 heteroatoms. The molecular formula is C16H18O5. The molecule has 1 heterocycles. The number of terminal acetylenes is 1. The standard InChI is InChI=1S/C16H18O5/c1-5-6-9-8(2)11(7-10(9)17)20-16(19)13-12(14(18)21-16)15(13,3)4/h1,11-13,19H,6-7H2,2-4H3/t11?,12-,13-,16?/m1/s1. The number of Topliss-reactive ketones (excluding diaryl/α,β-unsaturated/α-hetero) is 1. The molecule has 0 aromatic heterocycles. The first-order valence-electron chi connectivity index (χ1n) is 7.01. The highest BCUT2D eigenvalue weighted by atomic mass is 16.8. The molecule has 1 saturated heterocycles. The number of hydrogen-bond acceptors (Lipinski definition) is 5. The number of carbonyl (C=O) groups is 2. The van der Waals surface area contributed by atoms with Crippen LogP contribution in [0, 0.1) is 29.6 Å². The molecule has 0 spiro atoms. The molecule has 2 aliphatic carbocycles. The average Bonchev–Trinajstić information content (AvgIpc) is 2.73. The van der Waals surface area contributed by atoms with E-state index in [4.69, 9.17) is 15.9 Å². The summed E-state index contributed by atoms with van der Waals surface area (Å²) >= 11 is 0. The van der Waals surface area contributed by atoms with Gasteiger partial charge >= 0.3 is 11.9 Å². The number of rotatable bonds is 3. The Morgan fingerprint density at radius 2 is 2.14 bits per heavy atom. The number of cyclic esters (lactones) is 1. The lowest BCUT2D eigenvalue weighted by Gasteiger charge is -2.30. The lowest BCUT2D eigenvalue weighted by atomic mass is 10.1. The number of esters is 1. The monoisotopic (exact) mass is 290 g/mol. The molecular weight excluding hydrogens is 272 g/mol. The van der Waals surface area contributed by atoms with E-state index in [0.717, 1.165) is 0 Å². The topological polar surface area (TPSA) is 72.8 Å². The number of fused-ring (bicyclic) bond motifs is 1. The zero-order valence-corrected chi connectivity index (χ0v) is 12.3. The quantitative estimate of drug-likeness (QED) is 0.480. The molecule has 4 atom stereocenters. The lowest BCUT2D eigenvalue weighted by molar-refractivity contribution is -0.356. The molecule has 0 aromatic rings. The third-order valence-corrected chi connectivity index (χ3v) is 4.98. The van der Waals surface area contributed by atoms with Crippen molar-refractivity contribution in [2.45, 2.75) is 45.7 Å². The van der Waals surface area contributed by atoms with E-state index < -0.39 is 24.0 Å². The second-order valence-corrected chi connectivity index (χ2v) is 6.60. The number of carbonyl (C=O) groups excluding carboxylic acids is 2. The summed E-state index contributed by atoms with van der Waals surface area (Å²) in [5.41, 5.74) is 0.928. The van der Waals surface area contributed by atoms with E-state index in [-0.39, 0.29) is 30.0 Å². The molecule has 1 N–H and O–H groups in total. The number of ether oxygens (including phenoxy) is 2. The van der Waals surface area contributed by atoms with Crippen LogP contribution in [0.3, 0.4) is 0 Å². The minimum atomic E-state index is -1.94. The molecule has 0 radical (unpaired) electrons. The SMILES string of the molecule is C#CCC1=C(C)C(OC2(O)OC(=O)[C@H]3[C@@H]2C3(C)C)CC1=O. The van der Waals surface area contributed by atoms with E-state index in [1.165, 1.54) is 0 Å². The highest BCUT2D eigenvalue weighted by Gasteiger charge is 2.79. The molecule has 5 nitrogen and oxygen atoms in total. The van der Waals surface area contributed by atoms with E-state index in [0.29, 0.717) is 11.1 Å². The Kier molecular flexibility index (Phi) is 2.85. The maximum absolute atomic E-state index is 11.9. The van der Waals surface area contributed by atoms with Gasteiger partial charge in [0.2, 0.25) is 0 Å². The summed E-state index contributed by atoms with van der Waals surface area (Å²) in [7, 11) is 0. The van der Waals surface area contributed by atoms with Gasteiger partial charge in [-0.25, -0.2) is 0 Å². The number of allylic oxidation sites excluding steroid dienone is 1. The minimum Gasteiger partial charge on any atom is -0.407 e. The largest absolute Gasteiger partial charge is 0.407 e. The normalized spacial score (nSPS) is 40.0. The second-order valence-electron chi connectivity index (χ2n) is 6.60. The van der Waals surface area contributed by atoms with Crippen LogP contribution < -0.4 is 0 Å². The fraction of sp³-hybridized carbons (Fsp3) is 0.625. The highest BCUT2D eigenvalue weighted by Crippen LogP contribution is 2.68. The van der Waals surface area contributed by atoms with Gasteiger partial charge in [0.05, 0.1) is 17.9 Å². The van der Waals surface area contributed by atoms with Crippen LogP contribution >= 0.6 is 0 Å². The molecule has 0 bridgehead atoms. The van der Waals surface area contributed by atoms with Crippen molar-refractivity contribution in [2.24, 2.45) is 17.3 Å². The van der Waals surface area contributed by atoms with Gasteiger partial charge in [0, 0.05) is 18.4 Å². The molecule has 2 fully saturated rings. The van der Waals surface area contributed by atoms with Crippen LogP contribution in [-0.2, 0) is 19.1 Å². The Bertz CT molecular complexity index is 609. The van der Waals surface area contributed by atoms with Crippen LogP contribution in [0.5, 0.6) is 0 Å². The molecule has 1 aliphatic heterocycles. The number of aliphatic hydroxyl groups is 1. The van der Waals surface area contributed by atoms with Crippen molar-refractivity contribution in [3.05, 3.63) is 11.1 Å². The summed E-state index contributed by atoms with van der Waals surface area (Å²) in [6.45, 7) is 5.55. The number of ketones is 1. The summed E-state index contributed by atoms with van der Waals surface area (Å²) < 4.78 is 10.7. The predicted octanol–water partition coefficient (Wildman–Crippen LogP) is 1.16. The molecule has 112 valence electrons. The Labute approximate surface area is 123 Å². The van der Waals surface area contributed by atoms with Crippen molar-refractivity contribution >= 4 is 11.8 Å². The molecule has 0 aromatic carbocycles. The van der Waals surface area contributed by atoms with Gasteiger partial charge in [0.15, 0.2) is 5.78 Å². The van der Waals surface area contributed by atoms with Gasteiger partial charge in [0.1, 0.15) is 0 Å². The molecule has 0 amide bonds. The van der Waals surface area contributed by atoms with Gasteiger partial charge in [-0.15, -0.1) is 12.3 Å². The third kappa shape index (κ3) is 1.86. The van der Waals surface area contributed by atoms with Gasteiger partial charge in [-0.3, -0.25) is 9.59 Å². The molecule has 3 aliphatic rings. The zero-order valence-electron chi connectivity index (χ0n) is 12.3. The highest BCUT2D eigenvalue weighted by molar-refractivity contribution is 5.99. The Morgan fingerprint density at radius 1 is 1.48 bits per heavy atom. The smallest absolute Gasteiger partial charge is 0.331 e. The first-order chi connectivity index (χ1) is 9.72. The molecule has 2 unspecified atom stereocenters. The fourth-order valence-electron chi connectivity index (χ4n) is 3.66. The second kappa shape index (κ2) is 4.19. The minimum absolute atomic E-state index is 0.0741. The summed E-state index contributed by atoms with van der Waals surface area (Å²) in [5, 5.41) is 10.5. The Hall–Kier alpha value is -1.64. The van der Waals surface area contributed by atoms with Gasteiger partial charge in [-0.05, 0) is 17.9 Å². The van der Waals surface area contributed by atoms with Crippen LogP contribution in [0.2, 0.25) is 0 Å². The maximum atomic E-state index is 11.9. The number of hydrogen-bond donors (Lipinski definition) is 1. The Morgan fingerprint density at radius 3 is 2.67 bits per heavy atom. The van der Waals surface area contributed by atoms with Crippen LogP contribution in [0.25, 0.3) is 0 Å². The van der Waals surface area contributed by atoms with Crippen molar-refractivity contribution in [3.8, 4) is 12.3 Å². The third-order valence-electron chi connectivity index (χ3n) is 4.98. The van der Waals surface area contributed by atoms with Crippen LogP contribution in [-0.4, -0.2) is 28.9 Å². The van der Waals surface area contributed by atoms with Gasteiger partial charge in [-0.2, -0.15) is 0 Å². The fourth-order valence-corrected chi connectivity index (χ4v) is 3.66. The first-order valence-corrected chi connectivity index (χ1v) is 7.01. The Balaban J connectivity index is 1.81. The van der Waals surface area contributed by atoms with Crippen LogP contribution in [0.15, 0.2) is 11.1 Å². The zero-order chi connectivity index (χ0) is 15.6. The van der Waals surface area contributed by atoms with Gasteiger partial charge in [-0.1, -0.05) is 13.8 Å². The van der Waals surface area contributed by atoms with E-state index in [1.54, 1.807) is 6.92 Å². The van der Waals surface area contributed by atoms with Crippen molar-refractivity contribution in [1.82, 2.24) is 0 Å². The summed E-state index contributed by atoms with van der Waals surface area (Å²) in [6.07, 6.45) is 5.04. The van der Waals surface area contributed by atoms with E-state index in [1.807, 2.05) is 13.8 Å². The summed E-state index contributed by atoms with van der Waals surface area (Å²) in [5.74, 6) is -0.739. The predicted molar refractivity (Wildman–Crippen MR) is 72.4 cm³/mol. The summed E-state index contributed by atoms with van der Waals surface area (Å²) in [4.78, 5) is 23.7. The first kappa shape index (κ1) is 14.3. The summed E-state index contributed by atoms with van der Waals surface area (Å²) in [6, 6.07) is 0. The van der Waals surface area contributed by atoms with Crippen molar-refractivity contribution in [2.75, 3.05) is 0 Å².